The number of thioether (sulfide) groups is 1. The fourth-order valence-corrected chi connectivity index (χ4v) is 3.48. The van der Waals surface area contributed by atoms with E-state index in [0.717, 1.165) is 4.90 Å². The van der Waals surface area contributed by atoms with Crippen LogP contribution in [0.5, 0.6) is 11.5 Å². The van der Waals surface area contributed by atoms with E-state index in [4.69, 9.17) is 14.2 Å². The number of hydrogen-bond acceptors (Lipinski definition) is 6. The number of benzene rings is 2. The number of rotatable bonds is 8. The molecule has 7 heteroatoms. The van der Waals surface area contributed by atoms with E-state index in [0.29, 0.717) is 34.9 Å². The number of esters is 1. The third-order valence-electron chi connectivity index (χ3n) is 4.12. The van der Waals surface area contributed by atoms with Gasteiger partial charge in [-0.05, 0) is 56.7 Å². The molecule has 2 aromatic carbocycles. The van der Waals surface area contributed by atoms with E-state index in [1.165, 1.54) is 11.8 Å². The zero-order chi connectivity index (χ0) is 20.7. The van der Waals surface area contributed by atoms with Crippen LogP contribution in [0.4, 0.5) is 5.69 Å². The lowest BCUT2D eigenvalue weighted by Gasteiger charge is -2.16. The molecule has 0 saturated heterocycles. The maximum atomic E-state index is 12.6. The number of anilines is 1. The SMILES string of the molecule is CCOC(=O)c1cccc(NC(=O)[C@H](C)Sc2ccc(OC)c(OC)c2)c1C. The standard InChI is InChI=1S/C21H25NO5S/c1-6-27-21(24)16-8-7-9-17(13(16)2)22-20(23)14(3)28-15-10-11-18(25-4)19(12-15)26-5/h7-12,14H,6H2,1-5H3,(H,22,23)/t14-/m0/s1. The minimum atomic E-state index is -0.399. The molecular weight excluding hydrogens is 378 g/mol. The first-order chi connectivity index (χ1) is 13.4. The van der Waals surface area contributed by atoms with Crippen molar-refractivity contribution in [3.8, 4) is 11.5 Å². The van der Waals surface area contributed by atoms with Gasteiger partial charge in [0.25, 0.3) is 0 Å². The Kier molecular flexibility index (Phi) is 7.75. The third-order valence-corrected chi connectivity index (χ3v) is 5.22. The molecule has 0 unspecified atom stereocenters. The van der Waals surface area contributed by atoms with Crippen LogP contribution in [0.15, 0.2) is 41.3 Å². The summed E-state index contributed by atoms with van der Waals surface area (Å²) in [6.45, 7) is 5.66. The fourth-order valence-electron chi connectivity index (χ4n) is 2.58. The monoisotopic (exact) mass is 403 g/mol. The Balaban J connectivity index is 2.11. The highest BCUT2D eigenvalue weighted by atomic mass is 32.2. The van der Waals surface area contributed by atoms with Crippen LogP contribution in [0, 0.1) is 6.92 Å². The smallest absolute Gasteiger partial charge is 0.338 e. The summed E-state index contributed by atoms with van der Waals surface area (Å²) in [5.74, 6) is 0.682. The quantitative estimate of drug-likeness (QED) is 0.523. The molecule has 6 nitrogen and oxygen atoms in total. The first-order valence-electron chi connectivity index (χ1n) is 8.87. The topological polar surface area (TPSA) is 73.9 Å². The number of hydrogen-bond donors (Lipinski definition) is 1. The van der Waals surface area contributed by atoms with Gasteiger partial charge in [-0.2, -0.15) is 0 Å². The molecule has 0 aliphatic rings. The van der Waals surface area contributed by atoms with E-state index in [2.05, 4.69) is 5.32 Å². The van der Waals surface area contributed by atoms with Crippen molar-refractivity contribution in [2.24, 2.45) is 0 Å². The summed E-state index contributed by atoms with van der Waals surface area (Å²) in [5.41, 5.74) is 1.72. The summed E-state index contributed by atoms with van der Waals surface area (Å²) in [6.07, 6.45) is 0. The van der Waals surface area contributed by atoms with E-state index >= 15 is 0 Å². The molecule has 1 N–H and O–H groups in total. The van der Waals surface area contributed by atoms with Crippen LogP contribution >= 0.6 is 11.8 Å². The average molecular weight is 404 g/mol. The van der Waals surface area contributed by atoms with Gasteiger partial charge in [-0.25, -0.2) is 4.79 Å². The third kappa shape index (κ3) is 5.19. The Hall–Kier alpha value is -2.67. The lowest BCUT2D eigenvalue weighted by molar-refractivity contribution is -0.115. The number of ether oxygens (including phenoxy) is 3. The summed E-state index contributed by atoms with van der Waals surface area (Å²) < 4.78 is 15.6. The van der Waals surface area contributed by atoms with Gasteiger partial charge in [0.1, 0.15) is 0 Å². The molecule has 0 aromatic heterocycles. The second-order valence-corrected chi connectivity index (χ2v) is 7.38. The van der Waals surface area contributed by atoms with Crippen molar-refractivity contribution >= 4 is 29.3 Å². The van der Waals surface area contributed by atoms with E-state index in [1.807, 2.05) is 19.1 Å². The Bertz CT molecular complexity index is 853. The molecule has 28 heavy (non-hydrogen) atoms. The maximum Gasteiger partial charge on any atom is 0.338 e. The molecule has 0 heterocycles. The summed E-state index contributed by atoms with van der Waals surface area (Å²) in [6, 6.07) is 10.7. The largest absolute Gasteiger partial charge is 0.493 e. The van der Waals surface area contributed by atoms with Gasteiger partial charge >= 0.3 is 5.97 Å². The molecule has 1 amide bonds. The number of carbonyl (C=O) groups is 2. The summed E-state index contributed by atoms with van der Waals surface area (Å²) in [5, 5.41) is 2.54. The predicted molar refractivity (Wildman–Crippen MR) is 111 cm³/mol. The Morgan fingerprint density at radius 2 is 1.82 bits per heavy atom. The van der Waals surface area contributed by atoms with Crippen molar-refractivity contribution in [2.45, 2.75) is 30.9 Å². The van der Waals surface area contributed by atoms with E-state index < -0.39 is 5.97 Å². The first-order valence-corrected chi connectivity index (χ1v) is 9.75. The van der Waals surface area contributed by atoms with E-state index in [1.54, 1.807) is 52.3 Å². The molecule has 1 atom stereocenters. The van der Waals surface area contributed by atoms with Crippen LogP contribution in [0.2, 0.25) is 0 Å². The van der Waals surface area contributed by atoms with Gasteiger partial charge in [-0.15, -0.1) is 11.8 Å². The van der Waals surface area contributed by atoms with Crippen LogP contribution in [0.3, 0.4) is 0 Å². The zero-order valence-electron chi connectivity index (χ0n) is 16.7. The van der Waals surface area contributed by atoms with Crippen molar-refractivity contribution in [3.05, 3.63) is 47.5 Å². The summed E-state index contributed by atoms with van der Waals surface area (Å²) in [4.78, 5) is 25.6. The lowest BCUT2D eigenvalue weighted by atomic mass is 10.1. The lowest BCUT2D eigenvalue weighted by Crippen LogP contribution is -2.23. The number of amides is 1. The molecule has 0 spiro atoms. The van der Waals surface area contributed by atoms with Crippen molar-refractivity contribution in [2.75, 3.05) is 26.1 Å². The minimum absolute atomic E-state index is 0.163. The van der Waals surface area contributed by atoms with Gasteiger partial charge in [0, 0.05) is 10.6 Å². The normalized spacial score (nSPS) is 11.5. The van der Waals surface area contributed by atoms with Gasteiger partial charge in [0.15, 0.2) is 11.5 Å². The number of nitrogens with one attached hydrogen (secondary N) is 1. The molecule has 0 bridgehead atoms. The highest BCUT2D eigenvalue weighted by Gasteiger charge is 2.19. The molecule has 0 aliphatic heterocycles. The van der Waals surface area contributed by atoms with Crippen LogP contribution in [-0.2, 0) is 9.53 Å². The van der Waals surface area contributed by atoms with Gasteiger partial charge in [-0.3, -0.25) is 4.79 Å². The number of carbonyl (C=O) groups excluding carboxylic acids is 2. The van der Waals surface area contributed by atoms with Crippen molar-refractivity contribution in [1.82, 2.24) is 0 Å². The van der Waals surface area contributed by atoms with Gasteiger partial charge in [0.2, 0.25) is 5.91 Å². The van der Waals surface area contributed by atoms with Crippen LogP contribution < -0.4 is 14.8 Å². The van der Waals surface area contributed by atoms with Crippen molar-refractivity contribution in [1.29, 1.82) is 0 Å². The molecule has 0 radical (unpaired) electrons. The van der Waals surface area contributed by atoms with Crippen molar-refractivity contribution in [3.63, 3.8) is 0 Å². The molecular formula is C21H25NO5S. The van der Waals surface area contributed by atoms with E-state index in [-0.39, 0.29) is 11.2 Å². The Morgan fingerprint density at radius 1 is 1.11 bits per heavy atom. The Labute approximate surface area is 169 Å². The fraction of sp³-hybridized carbons (Fsp3) is 0.333. The highest BCUT2D eigenvalue weighted by Crippen LogP contribution is 2.34. The van der Waals surface area contributed by atoms with Gasteiger partial charge in [-0.1, -0.05) is 6.07 Å². The molecule has 2 rings (SSSR count). The van der Waals surface area contributed by atoms with Crippen LogP contribution in [-0.4, -0.2) is 38.0 Å². The second kappa shape index (κ2) is 10.0. The summed E-state index contributed by atoms with van der Waals surface area (Å²) in [7, 11) is 3.15. The van der Waals surface area contributed by atoms with Gasteiger partial charge in [0.05, 0.1) is 31.6 Å². The van der Waals surface area contributed by atoms with Gasteiger partial charge < -0.3 is 19.5 Å². The summed E-state index contributed by atoms with van der Waals surface area (Å²) >= 11 is 1.40. The molecule has 150 valence electrons. The Morgan fingerprint density at radius 3 is 2.46 bits per heavy atom. The molecule has 0 aliphatic carbocycles. The highest BCUT2D eigenvalue weighted by molar-refractivity contribution is 8.00. The zero-order valence-corrected chi connectivity index (χ0v) is 17.5. The molecule has 0 saturated carbocycles. The maximum absolute atomic E-state index is 12.6. The predicted octanol–water partition coefficient (Wildman–Crippen LogP) is 4.31. The average Bonchev–Trinajstić information content (AvgIpc) is 2.69. The van der Waals surface area contributed by atoms with Crippen molar-refractivity contribution < 1.29 is 23.8 Å². The van der Waals surface area contributed by atoms with E-state index in [9.17, 15) is 9.59 Å². The molecule has 0 fully saturated rings. The first kappa shape index (κ1) is 21.6. The minimum Gasteiger partial charge on any atom is -0.493 e. The number of methoxy groups -OCH3 is 2. The molecule has 2 aromatic rings. The van der Waals surface area contributed by atoms with Crippen LogP contribution in [0.1, 0.15) is 29.8 Å². The van der Waals surface area contributed by atoms with Crippen LogP contribution in [0.25, 0.3) is 0 Å². The second-order valence-electron chi connectivity index (χ2n) is 5.96.